The molecule has 5 nitrogen and oxygen atoms in total. The van der Waals surface area contributed by atoms with Crippen LogP contribution in [0.5, 0.6) is 0 Å². The lowest BCUT2D eigenvalue weighted by Gasteiger charge is -2.21. The van der Waals surface area contributed by atoms with Crippen molar-refractivity contribution in [3.63, 3.8) is 0 Å². The molecular formula is C17H24ClN3O2. The molecule has 0 saturated carbocycles. The van der Waals surface area contributed by atoms with Gasteiger partial charge in [0, 0.05) is 31.3 Å². The summed E-state index contributed by atoms with van der Waals surface area (Å²) in [5.74, 6) is 1.37. The highest BCUT2D eigenvalue weighted by atomic mass is 35.5. The number of likely N-dealkylation sites (tertiary alicyclic amines) is 1. The Hall–Kier alpha value is -1.59. The van der Waals surface area contributed by atoms with Gasteiger partial charge >= 0.3 is 0 Å². The second-order valence-corrected chi connectivity index (χ2v) is 6.31. The quantitative estimate of drug-likeness (QED) is 0.869. The SMILES string of the molecule is CC(=O)Nc1cccc(C(=O)N2CC[C@@H]3CNC[C@@H]3CC2)c1.Cl. The van der Waals surface area contributed by atoms with Crippen molar-refractivity contribution in [3.05, 3.63) is 29.8 Å². The summed E-state index contributed by atoms with van der Waals surface area (Å²) in [5.41, 5.74) is 1.32. The zero-order valence-corrected chi connectivity index (χ0v) is 14.2. The maximum atomic E-state index is 12.7. The van der Waals surface area contributed by atoms with E-state index in [-0.39, 0.29) is 24.2 Å². The predicted molar refractivity (Wildman–Crippen MR) is 93.0 cm³/mol. The van der Waals surface area contributed by atoms with E-state index in [0.29, 0.717) is 23.1 Å². The van der Waals surface area contributed by atoms with Gasteiger partial charge in [0.25, 0.3) is 5.91 Å². The molecule has 0 spiro atoms. The Labute approximate surface area is 143 Å². The van der Waals surface area contributed by atoms with Crippen LogP contribution in [0.4, 0.5) is 5.69 Å². The number of nitrogens with one attached hydrogen (secondary N) is 2. The number of hydrogen-bond acceptors (Lipinski definition) is 3. The van der Waals surface area contributed by atoms with Crippen molar-refractivity contribution in [3.8, 4) is 0 Å². The largest absolute Gasteiger partial charge is 0.339 e. The van der Waals surface area contributed by atoms with Crippen LogP contribution in [0.15, 0.2) is 24.3 Å². The molecule has 3 rings (SSSR count). The Bertz CT molecular complexity index is 565. The molecule has 0 bridgehead atoms. The van der Waals surface area contributed by atoms with Crippen LogP contribution < -0.4 is 10.6 Å². The minimum absolute atomic E-state index is 0. The summed E-state index contributed by atoms with van der Waals surface area (Å²) in [6.07, 6.45) is 2.16. The average Bonchev–Trinajstić information content (AvgIpc) is 2.85. The first kappa shape index (κ1) is 17.8. The van der Waals surface area contributed by atoms with Gasteiger partial charge in [-0.3, -0.25) is 9.59 Å². The highest BCUT2D eigenvalue weighted by molar-refractivity contribution is 5.96. The Morgan fingerprint density at radius 1 is 1.17 bits per heavy atom. The first-order valence-corrected chi connectivity index (χ1v) is 8.01. The van der Waals surface area contributed by atoms with Crippen molar-refractivity contribution >= 4 is 29.9 Å². The zero-order valence-electron chi connectivity index (χ0n) is 13.4. The van der Waals surface area contributed by atoms with E-state index in [4.69, 9.17) is 0 Å². The topological polar surface area (TPSA) is 61.4 Å². The summed E-state index contributed by atoms with van der Waals surface area (Å²) in [7, 11) is 0. The fraction of sp³-hybridized carbons (Fsp3) is 0.529. The molecule has 2 heterocycles. The zero-order chi connectivity index (χ0) is 15.5. The number of carbonyl (C=O) groups excluding carboxylic acids is 2. The van der Waals surface area contributed by atoms with Gasteiger partial charge in [0.1, 0.15) is 0 Å². The minimum atomic E-state index is -0.125. The van der Waals surface area contributed by atoms with E-state index in [1.54, 1.807) is 12.1 Å². The van der Waals surface area contributed by atoms with Crippen molar-refractivity contribution in [2.75, 3.05) is 31.5 Å². The van der Waals surface area contributed by atoms with Gasteiger partial charge in [-0.25, -0.2) is 0 Å². The van der Waals surface area contributed by atoms with Crippen LogP contribution in [0.25, 0.3) is 0 Å². The summed E-state index contributed by atoms with van der Waals surface area (Å²) >= 11 is 0. The number of benzene rings is 1. The van der Waals surface area contributed by atoms with Gasteiger partial charge in [0.15, 0.2) is 0 Å². The third kappa shape index (κ3) is 4.24. The van der Waals surface area contributed by atoms with Crippen LogP contribution in [-0.2, 0) is 4.79 Å². The van der Waals surface area contributed by atoms with Gasteiger partial charge in [-0.15, -0.1) is 12.4 Å². The van der Waals surface area contributed by atoms with E-state index in [9.17, 15) is 9.59 Å². The van der Waals surface area contributed by atoms with Gasteiger partial charge in [0.05, 0.1) is 0 Å². The molecule has 126 valence electrons. The van der Waals surface area contributed by atoms with Crippen LogP contribution >= 0.6 is 12.4 Å². The Kier molecular flexibility index (Phi) is 6.02. The average molecular weight is 338 g/mol. The van der Waals surface area contributed by atoms with Gasteiger partial charge in [-0.05, 0) is 56.0 Å². The van der Waals surface area contributed by atoms with Gasteiger partial charge in [-0.2, -0.15) is 0 Å². The van der Waals surface area contributed by atoms with E-state index in [0.717, 1.165) is 39.0 Å². The smallest absolute Gasteiger partial charge is 0.253 e. The maximum Gasteiger partial charge on any atom is 0.253 e. The van der Waals surface area contributed by atoms with E-state index < -0.39 is 0 Å². The van der Waals surface area contributed by atoms with Crippen molar-refractivity contribution in [1.82, 2.24) is 10.2 Å². The molecule has 2 fully saturated rings. The van der Waals surface area contributed by atoms with Crippen LogP contribution in [0.3, 0.4) is 0 Å². The molecule has 23 heavy (non-hydrogen) atoms. The lowest BCUT2D eigenvalue weighted by atomic mass is 9.92. The molecule has 6 heteroatoms. The molecule has 2 N–H and O–H groups in total. The molecule has 0 aliphatic carbocycles. The first-order valence-electron chi connectivity index (χ1n) is 8.01. The summed E-state index contributed by atoms with van der Waals surface area (Å²) in [6.45, 7) is 5.30. The van der Waals surface area contributed by atoms with Crippen LogP contribution in [0.1, 0.15) is 30.1 Å². The number of halogens is 1. The summed E-state index contributed by atoms with van der Waals surface area (Å²) in [4.78, 5) is 25.8. The standard InChI is InChI=1S/C17H23N3O2.ClH/c1-12(21)19-16-4-2-3-13(9-16)17(22)20-7-5-14-10-18-11-15(14)6-8-20;/h2-4,9,14-15,18H,5-8,10-11H2,1H3,(H,19,21);1H/t14-,15+;. The Morgan fingerprint density at radius 2 is 1.83 bits per heavy atom. The second-order valence-electron chi connectivity index (χ2n) is 6.31. The number of fused-ring (bicyclic) bond motifs is 1. The summed E-state index contributed by atoms with van der Waals surface area (Å²) < 4.78 is 0. The van der Waals surface area contributed by atoms with E-state index in [1.165, 1.54) is 6.92 Å². The van der Waals surface area contributed by atoms with Crippen molar-refractivity contribution in [1.29, 1.82) is 0 Å². The number of carbonyl (C=O) groups is 2. The number of hydrogen-bond donors (Lipinski definition) is 2. The molecule has 0 unspecified atom stereocenters. The fourth-order valence-corrected chi connectivity index (χ4v) is 3.54. The number of nitrogens with zero attached hydrogens (tertiary/aromatic N) is 1. The maximum absolute atomic E-state index is 12.7. The number of amides is 2. The molecule has 2 aliphatic heterocycles. The molecule has 0 aromatic heterocycles. The van der Waals surface area contributed by atoms with Gasteiger partial charge < -0.3 is 15.5 Å². The summed E-state index contributed by atoms with van der Waals surface area (Å²) in [5, 5.41) is 6.18. The molecule has 2 saturated heterocycles. The van der Waals surface area contributed by atoms with Crippen LogP contribution in [0.2, 0.25) is 0 Å². The van der Waals surface area contributed by atoms with E-state index in [1.807, 2.05) is 17.0 Å². The predicted octanol–water partition coefficient (Wildman–Crippen LogP) is 2.14. The van der Waals surface area contributed by atoms with E-state index in [2.05, 4.69) is 10.6 Å². The molecule has 1 aromatic rings. The lowest BCUT2D eigenvalue weighted by Crippen LogP contribution is -2.32. The molecule has 2 amide bonds. The number of anilines is 1. The first-order chi connectivity index (χ1) is 10.6. The van der Waals surface area contributed by atoms with Crippen LogP contribution in [0, 0.1) is 11.8 Å². The van der Waals surface area contributed by atoms with Gasteiger partial charge in [-0.1, -0.05) is 6.07 Å². The normalized spacial score (nSPS) is 23.4. The Balaban J connectivity index is 0.00000192. The highest BCUT2D eigenvalue weighted by Crippen LogP contribution is 2.27. The second kappa shape index (κ2) is 7.79. The summed E-state index contributed by atoms with van der Waals surface area (Å²) in [6, 6.07) is 7.20. The molecule has 0 radical (unpaired) electrons. The highest BCUT2D eigenvalue weighted by Gasteiger charge is 2.31. The molecule has 2 atom stereocenters. The lowest BCUT2D eigenvalue weighted by molar-refractivity contribution is -0.114. The third-order valence-corrected chi connectivity index (χ3v) is 4.74. The van der Waals surface area contributed by atoms with Crippen molar-refractivity contribution in [2.45, 2.75) is 19.8 Å². The van der Waals surface area contributed by atoms with Crippen molar-refractivity contribution < 1.29 is 9.59 Å². The van der Waals surface area contributed by atoms with Gasteiger partial charge in [0.2, 0.25) is 5.91 Å². The van der Waals surface area contributed by atoms with Crippen LogP contribution in [-0.4, -0.2) is 42.9 Å². The fourth-order valence-electron chi connectivity index (χ4n) is 3.54. The minimum Gasteiger partial charge on any atom is -0.339 e. The molecular weight excluding hydrogens is 314 g/mol. The molecule has 1 aromatic carbocycles. The monoisotopic (exact) mass is 337 g/mol. The Morgan fingerprint density at radius 3 is 2.43 bits per heavy atom. The molecule has 2 aliphatic rings. The number of rotatable bonds is 2. The van der Waals surface area contributed by atoms with E-state index >= 15 is 0 Å². The third-order valence-electron chi connectivity index (χ3n) is 4.74. The van der Waals surface area contributed by atoms with Crippen molar-refractivity contribution in [2.24, 2.45) is 11.8 Å².